The van der Waals surface area contributed by atoms with Crippen molar-refractivity contribution in [2.75, 3.05) is 4.31 Å². The van der Waals surface area contributed by atoms with E-state index >= 15 is 0 Å². The Balaban J connectivity index is 1.92. The second-order valence-corrected chi connectivity index (χ2v) is 12.5. The van der Waals surface area contributed by atoms with Gasteiger partial charge in [0.05, 0.1) is 16.1 Å². The second-order valence-electron chi connectivity index (χ2n) is 9.86. The van der Waals surface area contributed by atoms with E-state index in [9.17, 15) is 23.1 Å². The van der Waals surface area contributed by atoms with Gasteiger partial charge < -0.3 is 15.4 Å². The smallest absolute Gasteiger partial charge is 0.328 e. The normalized spacial score (nSPS) is 12.9. The Kier molecular flexibility index (Phi) is 7.22. The number of aliphatic carboxylic acids is 1. The van der Waals surface area contributed by atoms with E-state index < -0.39 is 33.4 Å². The number of nitrogens with two attached hydrogens (primary N) is 1. The van der Waals surface area contributed by atoms with E-state index in [4.69, 9.17) is 28.9 Å². The molecule has 0 aliphatic heterocycles. The molecule has 3 N–H and O–H groups in total. The second kappa shape index (κ2) is 9.98. The van der Waals surface area contributed by atoms with Crippen LogP contribution in [-0.2, 0) is 14.8 Å². The fourth-order valence-electron chi connectivity index (χ4n) is 4.34. The summed E-state index contributed by atoms with van der Waals surface area (Å²) < 4.78 is 30.7. The summed E-state index contributed by atoms with van der Waals surface area (Å²) in [6.07, 6.45) is 1.77. The molecule has 4 rings (SSSR count). The third-order valence-electron chi connectivity index (χ3n) is 6.02. The van der Waals surface area contributed by atoms with Crippen LogP contribution in [0.15, 0.2) is 77.8 Å². The number of carbonyl (C=O) groups is 2. The van der Waals surface area contributed by atoms with Crippen molar-refractivity contribution in [1.82, 2.24) is 4.57 Å². The molecule has 0 radical (unpaired) electrons. The number of rotatable bonds is 7. The van der Waals surface area contributed by atoms with Gasteiger partial charge in [0.25, 0.3) is 10.0 Å². The zero-order valence-corrected chi connectivity index (χ0v) is 23.1. The standard InChI is InChI=1S/C27H25Cl2N3O5S/c1-27(2,3)24(26(34)35)32(38(36,37)22-14-18(28)13-19(29)15-22)21-7-8-23-16(11-21)9-10-31(23)20-6-4-5-17(12-20)25(30)33/h4-15,24H,1-3H3,(H2,30,33)(H,34,35). The maximum Gasteiger partial charge on any atom is 0.328 e. The number of carboxylic acids is 1. The minimum Gasteiger partial charge on any atom is -0.480 e. The summed E-state index contributed by atoms with van der Waals surface area (Å²) in [5, 5.41) is 11.0. The molecule has 3 aromatic carbocycles. The molecule has 0 aliphatic rings. The third kappa shape index (κ3) is 5.22. The number of carboxylic acid groups (broad SMARTS) is 1. The van der Waals surface area contributed by atoms with Crippen molar-refractivity contribution < 1.29 is 23.1 Å². The van der Waals surface area contributed by atoms with Crippen LogP contribution >= 0.6 is 23.2 Å². The lowest BCUT2D eigenvalue weighted by Gasteiger charge is -2.37. The number of aromatic nitrogens is 1. The zero-order chi connectivity index (χ0) is 28.0. The van der Waals surface area contributed by atoms with Gasteiger partial charge >= 0.3 is 5.97 Å². The highest BCUT2D eigenvalue weighted by molar-refractivity contribution is 7.93. The number of halogens is 2. The van der Waals surface area contributed by atoms with Crippen molar-refractivity contribution in [3.05, 3.63) is 88.5 Å². The molecule has 0 saturated heterocycles. The van der Waals surface area contributed by atoms with Crippen molar-refractivity contribution in [3.63, 3.8) is 0 Å². The summed E-state index contributed by atoms with van der Waals surface area (Å²) >= 11 is 12.2. The number of amides is 1. The van der Waals surface area contributed by atoms with Gasteiger partial charge in [-0.2, -0.15) is 0 Å². The number of benzene rings is 3. The molecule has 11 heteroatoms. The summed E-state index contributed by atoms with van der Waals surface area (Å²) in [5.41, 5.74) is 6.32. The van der Waals surface area contributed by atoms with Gasteiger partial charge in [0.2, 0.25) is 5.91 Å². The van der Waals surface area contributed by atoms with E-state index in [0.29, 0.717) is 22.2 Å². The van der Waals surface area contributed by atoms with E-state index in [0.717, 1.165) is 4.31 Å². The van der Waals surface area contributed by atoms with Crippen LogP contribution in [0.1, 0.15) is 31.1 Å². The molecule has 1 unspecified atom stereocenters. The van der Waals surface area contributed by atoms with Crippen LogP contribution in [-0.4, -0.2) is 36.0 Å². The first-order chi connectivity index (χ1) is 17.7. The fraction of sp³-hybridized carbons (Fsp3) is 0.185. The summed E-state index contributed by atoms with van der Waals surface area (Å²) in [5.74, 6) is -1.87. The van der Waals surface area contributed by atoms with Crippen LogP contribution < -0.4 is 10.0 Å². The summed E-state index contributed by atoms with van der Waals surface area (Å²) in [4.78, 5) is 23.9. The number of sulfonamides is 1. The number of hydrogen-bond donors (Lipinski definition) is 2. The maximum absolute atomic E-state index is 14.0. The molecular weight excluding hydrogens is 549 g/mol. The molecule has 8 nitrogen and oxygen atoms in total. The first-order valence-corrected chi connectivity index (χ1v) is 13.6. The first kappa shape index (κ1) is 27.5. The fourth-order valence-corrected chi connectivity index (χ4v) is 6.85. The van der Waals surface area contributed by atoms with Gasteiger partial charge in [-0.3, -0.25) is 9.10 Å². The zero-order valence-electron chi connectivity index (χ0n) is 20.7. The van der Waals surface area contributed by atoms with Crippen LogP contribution in [0.5, 0.6) is 0 Å². The molecule has 1 heterocycles. The lowest BCUT2D eigenvalue weighted by Crippen LogP contribution is -2.52. The van der Waals surface area contributed by atoms with Gasteiger partial charge in [-0.25, -0.2) is 13.2 Å². The molecule has 0 fully saturated rings. The highest BCUT2D eigenvalue weighted by Gasteiger charge is 2.43. The van der Waals surface area contributed by atoms with Gasteiger partial charge in [0, 0.05) is 32.9 Å². The quantitative estimate of drug-likeness (QED) is 0.292. The number of primary amides is 1. The van der Waals surface area contributed by atoms with Crippen LogP contribution in [0.4, 0.5) is 5.69 Å². The molecule has 0 aliphatic carbocycles. The third-order valence-corrected chi connectivity index (χ3v) is 8.23. The Morgan fingerprint density at radius 2 is 1.63 bits per heavy atom. The van der Waals surface area contributed by atoms with Gasteiger partial charge in [-0.05, 0) is 66.1 Å². The Labute approximate surface area is 230 Å². The van der Waals surface area contributed by atoms with Crippen molar-refractivity contribution in [2.45, 2.75) is 31.7 Å². The Morgan fingerprint density at radius 3 is 2.21 bits per heavy atom. The summed E-state index contributed by atoms with van der Waals surface area (Å²) in [6, 6.07) is 15.8. The van der Waals surface area contributed by atoms with E-state index in [2.05, 4.69) is 0 Å². The minimum atomic E-state index is -4.43. The van der Waals surface area contributed by atoms with E-state index in [1.807, 2.05) is 4.57 Å². The highest BCUT2D eigenvalue weighted by atomic mass is 35.5. The van der Waals surface area contributed by atoms with Gasteiger partial charge in [-0.1, -0.05) is 50.0 Å². The van der Waals surface area contributed by atoms with Crippen LogP contribution in [0.2, 0.25) is 10.0 Å². The average Bonchev–Trinajstić information content (AvgIpc) is 3.24. The Morgan fingerprint density at radius 1 is 0.974 bits per heavy atom. The average molecular weight is 574 g/mol. The van der Waals surface area contributed by atoms with Crippen LogP contribution in [0.25, 0.3) is 16.6 Å². The van der Waals surface area contributed by atoms with E-state index in [1.165, 1.54) is 18.2 Å². The van der Waals surface area contributed by atoms with Crippen molar-refractivity contribution in [2.24, 2.45) is 11.1 Å². The largest absolute Gasteiger partial charge is 0.480 e. The predicted molar refractivity (Wildman–Crippen MR) is 149 cm³/mol. The van der Waals surface area contributed by atoms with Crippen molar-refractivity contribution in [1.29, 1.82) is 0 Å². The maximum atomic E-state index is 14.0. The number of anilines is 1. The van der Waals surface area contributed by atoms with Crippen molar-refractivity contribution in [3.8, 4) is 5.69 Å². The minimum absolute atomic E-state index is 0.101. The topological polar surface area (TPSA) is 123 Å². The SMILES string of the molecule is CC(C)(C)C(C(=O)O)N(c1ccc2c(ccn2-c2cccc(C(N)=O)c2)c1)S(=O)(=O)c1cc(Cl)cc(Cl)c1. The number of carbonyl (C=O) groups excluding carboxylic acids is 1. The molecule has 0 saturated carbocycles. The summed E-state index contributed by atoms with van der Waals surface area (Å²) in [6.45, 7) is 4.96. The first-order valence-electron chi connectivity index (χ1n) is 11.4. The van der Waals surface area contributed by atoms with Gasteiger partial charge in [0.1, 0.15) is 6.04 Å². The van der Waals surface area contributed by atoms with Crippen LogP contribution in [0, 0.1) is 5.41 Å². The Hall–Kier alpha value is -3.53. The molecule has 198 valence electrons. The Bertz CT molecular complexity index is 1660. The molecule has 1 amide bonds. The van der Waals surface area contributed by atoms with E-state index in [1.54, 1.807) is 75.5 Å². The molecule has 1 atom stereocenters. The van der Waals surface area contributed by atoms with E-state index in [-0.39, 0.29) is 20.6 Å². The van der Waals surface area contributed by atoms with Gasteiger partial charge in [-0.15, -0.1) is 0 Å². The number of nitrogens with zero attached hydrogens (tertiary/aromatic N) is 2. The van der Waals surface area contributed by atoms with Gasteiger partial charge in [0.15, 0.2) is 0 Å². The van der Waals surface area contributed by atoms with Crippen molar-refractivity contribution >= 4 is 61.7 Å². The highest BCUT2D eigenvalue weighted by Crippen LogP contribution is 2.37. The lowest BCUT2D eigenvalue weighted by molar-refractivity contribution is -0.140. The predicted octanol–water partition coefficient (Wildman–Crippen LogP) is 5.73. The molecular formula is C27H25Cl2N3O5S. The molecule has 4 aromatic rings. The molecule has 38 heavy (non-hydrogen) atoms. The van der Waals surface area contributed by atoms with Crippen LogP contribution in [0.3, 0.4) is 0 Å². The summed E-state index contributed by atoms with van der Waals surface area (Å²) in [7, 11) is -4.43. The molecule has 0 bridgehead atoms. The lowest BCUT2D eigenvalue weighted by atomic mass is 9.86. The number of fused-ring (bicyclic) bond motifs is 1. The number of hydrogen-bond acceptors (Lipinski definition) is 4. The molecule has 1 aromatic heterocycles. The molecule has 0 spiro atoms. The monoisotopic (exact) mass is 573 g/mol.